The number of piperazine rings is 1. The molecule has 208 valence electrons. The summed E-state index contributed by atoms with van der Waals surface area (Å²) in [6.45, 7) is 4.86. The van der Waals surface area contributed by atoms with Gasteiger partial charge in [-0.25, -0.2) is 9.78 Å². The van der Waals surface area contributed by atoms with Gasteiger partial charge in [-0.05, 0) is 31.3 Å². The lowest BCUT2D eigenvalue weighted by Gasteiger charge is -2.32. The van der Waals surface area contributed by atoms with E-state index in [4.69, 9.17) is 37.4 Å². The van der Waals surface area contributed by atoms with Gasteiger partial charge in [-0.1, -0.05) is 23.2 Å². The quantitative estimate of drug-likeness (QED) is 0.308. The highest BCUT2D eigenvalue weighted by Gasteiger charge is 2.23. The molecule has 10 nitrogen and oxygen atoms in total. The van der Waals surface area contributed by atoms with Gasteiger partial charge in [0.25, 0.3) is 0 Å². The molecule has 12 heteroatoms. The molecule has 0 aliphatic carbocycles. The second-order valence-corrected chi connectivity index (χ2v) is 10.0. The minimum atomic E-state index is -0.688. The van der Waals surface area contributed by atoms with Crippen LogP contribution in [0.15, 0.2) is 48.9 Å². The summed E-state index contributed by atoms with van der Waals surface area (Å²) in [7, 11) is 5.13. The maximum absolute atomic E-state index is 12.8. The molecule has 5 rings (SSSR count). The zero-order valence-corrected chi connectivity index (χ0v) is 23.8. The summed E-state index contributed by atoms with van der Waals surface area (Å²) in [5.74, 6) is 0.988. The van der Waals surface area contributed by atoms with Crippen molar-refractivity contribution in [2.75, 3.05) is 52.8 Å². The Morgan fingerprint density at radius 1 is 0.900 bits per heavy atom. The van der Waals surface area contributed by atoms with E-state index >= 15 is 0 Å². The van der Waals surface area contributed by atoms with Crippen molar-refractivity contribution in [3.05, 3.63) is 64.7 Å². The first-order valence-electron chi connectivity index (χ1n) is 12.6. The van der Waals surface area contributed by atoms with Gasteiger partial charge < -0.3 is 19.1 Å². The highest BCUT2D eigenvalue weighted by molar-refractivity contribution is 6.41. The van der Waals surface area contributed by atoms with Crippen molar-refractivity contribution in [1.82, 2.24) is 24.8 Å². The number of fused-ring (bicyclic) bond motifs is 1. The van der Waals surface area contributed by atoms with Gasteiger partial charge in [-0.2, -0.15) is 0 Å². The zero-order valence-electron chi connectivity index (χ0n) is 22.3. The van der Waals surface area contributed by atoms with Gasteiger partial charge >= 0.3 is 6.09 Å². The Morgan fingerprint density at radius 3 is 2.20 bits per heavy atom. The Bertz CT molecular complexity index is 1500. The summed E-state index contributed by atoms with van der Waals surface area (Å²) >= 11 is 13.3. The maximum Gasteiger partial charge on any atom is 0.417 e. The summed E-state index contributed by atoms with van der Waals surface area (Å²) in [4.78, 5) is 30.8. The fourth-order valence-corrected chi connectivity index (χ4v) is 5.21. The average molecular weight is 583 g/mol. The van der Waals surface area contributed by atoms with E-state index in [1.807, 2.05) is 6.07 Å². The number of hydrogen-bond donors (Lipinski definition) is 1. The van der Waals surface area contributed by atoms with Gasteiger partial charge in [-0.15, -0.1) is 0 Å². The van der Waals surface area contributed by atoms with Crippen molar-refractivity contribution in [1.29, 1.82) is 0 Å². The number of ether oxygens (including phenoxy) is 3. The summed E-state index contributed by atoms with van der Waals surface area (Å²) in [5, 5.41) is 3.29. The lowest BCUT2D eigenvalue weighted by atomic mass is 10.0. The first-order chi connectivity index (χ1) is 19.4. The first kappa shape index (κ1) is 27.9. The molecule has 0 spiro atoms. The minimum absolute atomic E-state index is 0.214. The van der Waals surface area contributed by atoms with Crippen LogP contribution in [0.4, 0.5) is 10.5 Å². The van der Waals surface area contributed by atoms with Gasteiger partial charge in [-0.3, -0.25) is 20.2 Å². The van der Waals surface area contributed by atoms with Crippen molar-refractivity contribution in [3.8, 4) is 28.4 Å². The van der Waals surface area contributed by atoms with E-state index in [9.17, 15) is 4.79 Å². The van der Waals surface area contributed by atoms with Crippen LogP contribution in [-0.4, -0.2) is 78.3 Å². The molecule has 1 saturated heterocycles. The number of pyridine rings is 1. The minimum Gasteiger partial charge on any atom is -0.495 e. The Kier molecular flexibility index (Phi) is 8.51. The molecular formula is C28H28Cl2N6O4. The number of nitrogens with zero attached hydrogens (tertiary/aromatic N) is 5. The highest BCUT2D eigenvalue weighted by atomic mass is 35.5. The number of carbonyl (C=O) groups excluding carboxylic acids is 1. The number of hydrogen-bond acceptors (Lipinski definition) is 9. The van der Waals surface area contributed by atoms with Crippen molar-refractivity contribution >= 4 is 46.0 Å². The summed E-state index contributed by atoms with van der Waals surface area (Å²) < 4.78 is 16.4. The van der Waals surface area contributed by atoms with Crippen LogP contribution >= 0.6 is 23.2 Å². The van der Waals surface area contributed by atoms with Crippen molar-refractivity contribution in [2.45, 2.75) is 6.54 Å². The largest absolute Gasteiger partial charge is 0.495 e. The molecule has 1 aliphatic rings. The third-order valence-electron chi connectivity index (χ3n) is 6.69. The van der Waals surface area contributed by atoms with Gasteiger partial charge in [0.1, 0.15) is 22.5 Å². The number of methoxy groups -OCH3 is 2. The molecule has 0 atom stereocenters. The molecule has 4 aromatic rings. The Hall–Kier alpha value is -3.70. The van der Waals surface area contributed by atoms with Crippen LogP contribution in [0.2, 0.25) is 10.0 Å². The summed E-state index contributed by atoms with van der Waals surface area (Å²) in [6, 6.07) is 8.64. The van der Waals surface area contributed by atoms with E-state index in [1.54, 1.807) is 30.5 Å². The number of anilines is 1. The lowest BCUT2D eigenvalue weighted by Crippen LogP contribution is -2.43. The van der Waals surface area contributed by atoms with E-state index in [0.29, 0.717) is 39.3 Å². The standard InChI is InChI=1S/C28H28Cl2N6O4/c1-35-10-12-36(13-11-35)16-18-5-4-17(15-33-18)34-28(37)40-20-7-6-19(26-27(20)32-9-8-31-26)23-24(29)21(38-2)14-22(39-3)25(23)30/h4-9,14-15H,10-13,16H2,1-3H3,(H,34,37). The number of halogens is 2. The van der Waals surface area contributed by atoms with Crippen LogP contribution in [0.3, 0.4) is 0 Å². The van der Waals surface area contributed by atoms with Gasteiger partial charge in [0.2, 0.25) is 0 Å². The topological polar surface area (TPSA) is 102 Å². The van der Waals surface area contributed by atoms with Crippen LogP contribution in [-0.2, 0) is 6.54 Å². The van der Waals surface area contributed by atoms with Gasteiger partial charge in [0, 0.05) is 62.3 Å². The predicted octanol–water partition coefficient (Wildman–Crippen LogP) is 5.37. The normalized spacial score (nSPS) is 14.2. The van der Waals surface area contributed by atoms with Crippen LogP contribution < -0.4 is 19.5 Å². The number of likely N-dealkylation sites (N-methyl/N-ethyl adjacent to an activating group) is 1. The van der Waals surface area contributed by atoms with Gasteiger partial charge in [0.05, 0.1) is 41.8 Å². The number of aromatic nitrogens is 3. The monoisotopic (exact) mass is 582 g/mol. The first-order valence-corrected chi connectivity index (χ1v) is 13.3. The Labute approximate surface area is 241 Å². The van der Waals surface area contributed by atoms with Gasteiger partial charge in [0.15, 0.2) is 5.75 Å². The highest BCUT2D eigenvalue weighted by Crippen LogP contribution is 2.47. The number of carbonyl (C=O) groups is 1. The second kappa shape index (κ2) is 12.2. The van der Waals surface area contributed by atoms with Crippen LogP contribution in [0, 0.1) is 0 Å². The number of nitrogens with one attached hydrogen (secondary N) is 1. The number of benzene rings is 2. The molecule has 0 bridgehead atoms. The maximum atomic E-state index is 12.8. The van der Waals surface area contributed by atoms with E-state index in [2.05, 4.69) is 37.1 Å². The predicted molar refractivity (Wildman–Crippen MR) is 155 cm³/mol. The van der Waals surface area contributed by atoms with E-state index in [0.717, 1.165) is 38.4 Å². The van der Waals surface area contributed by atoms with Crippen LogP contribution in [0.1, 0.15) is 5.69 Å². The Morgan fingerprint density at radius 2 is 1.57 bits per heavy atom. The summed E-state index contributed by atoms with van der Waals surface area (Å²) in [6.07, 6.45) is 3.97. The van der Waals surface area contributed by atoms with Crippen molar-refractivity contribution < 1.29 is 19.0 Å². The zero-order chi connectivity index (χ0) is 28.2. The Balaban J connectivity index is 1.35. The number of amides is 1. The SMILES string of the molecule is COc1cc(OC)c(Cl)c(-c2ccc(OC(=O)Nc3ccc(CN4CCN(C)CC4)nc3)c3nccnc23)c1Cl. The fraction of sp³-hybridized carbons (Fsp3) is 0.286. The van der Waals surface area contributed by atoms with Crippen LogP contribution in [0.25, 0.3) is 22.2 Å². The number of rotatable bonds is 7. The second-order valence-electron chi connectivity index (χ2n) is 9.28. The lowest BCUT2D eigenvalue weighted by molar-refractivity contribution is 0.147. The van der Waals surface area contributed by atoms with Crippen LogP contribution in [0.5, 0.6) is 17.2 Å². The molecule has 1 aliphatic heterocycles. The van der Waals surface area contributed by atoms with Crippen molar-refractivity contribution in [3.63, 3.8) is 0 Å². The van der Waals surface area contributed by atoms with E-state index in [-0.39, 0.29) is 15.8 Å². The molecule has 2 aromatic carbocycles. The fourth-order valence-electron chi connectivity index (χ4n) is 4.51. The average Bonchev–Trinajstić information content (AvgIpc) is 2.96. The molecule has 1 amide bonds. The molecule has 0 radical (unpaired) electrons. The molecule has 3 heterocycles. The molecule has 0 saturated carbocycles. The summed E-state index contributed by atoms with van der Waals surface area (Å²) in [5.41, 5.74) is 3.27. The molecular weight excluding hydrogens is 555 g/mol. The third-order valence-corrected chi connectivity index (χ3v) is 7.44. The molecule has 40 heavy (non-hydrogen) atoms. The van der Waals surface area contributed by atoms with E-state index in [1.165, 1.54) is 26.6 Å². The third kappa shape index (κ3) is 5.90. The smallest absolute Gasteiger partial charge is 0.417 e. The van der Waals surface area contributed by atoms with Crippen molar-refractivity contribution in [2.24, 2.45) is 0 Å². The molecule has 1 N–H and O–H groups in total. The molecule has 2 aromatic heterocycles. The molecule has 0 unspecified atom stereocenters. The molecule has 1 fully saturated rings. The van der Waals surface area contributed by atoms with E-state index < -0.39 is 6.09 Å².